The van der Waals surface area contributed by atoms with Gasteiger partial charge in [0, 0.05) is 12.2 Å². The predicted molar refractivity (Wildman–Crippen MR) is 90.3 cm³/mol. The van der Waals surface area contributed by atoms with E-state index in [-0.39, 0.29) is 13.0 Å². The van der Waals surface area contributed by atoms with Crippen molar-refractivity contribution in [1.82, 2.24) is 5.32 Å². The monoisotopic (exact) mass is 329 g/mol. The third kappa shape index (κ3) is 4.98. The zero-order valence-electron chi connectivity index (χ0n) is 13.2. The number of esters is 1. The first-order valence-electron chi connectivity index (χ1n) is 7.48. The minimum absolute atomic E-state index is 0.0590. The number of fused-ring (bicyclic) bond motifs is 1. The van der Waals surface area contributed by atoms with Gasteiger partial charge in [0.1, 0.15) is 0 Å². The summed E-state index contributed by atoms with van der Waals surface area (Å²) in [6.45, 7) is 1.54. The number of anilines is 1. The molecule has 7 heteroatoms. The Morgan fingerprint density at radius 3 is 2.54 bits per heavy atom. The van der Waals surface area contributed by atoms with Crippen molar-refractivity contribution in [3.8, 4) is 0 Å². The van der Waals surface area contributed by atoms with Crippen LogP contribution in [0.5, 0.6) is 0 Å². The van der Waals surface area contributed by atoms with Gasteiger partial charge in [-0.3, -0.25) is 9.59 Å². The Balaban J connectivity index is 1.88. The van der Waals surface area contributed by atoms with Gasteiger partial charge in [-0.1, -0.05) is 30.3 Å². The van der Waals surface area contributed by atoms with E-state index in [1.165, 1.54) is 6.92 Å². The van der Waals surface area contributed by atoms with E-state index in [0.717, 1.165) is 10.8 Å². The van der Waals surface area contributed by atoms with Gasteiger partial charge >= 0.3 is 12.0 Å². The number of hydrogen-bond acceptors (Lipinski definition) is 4. The van der Waals surface area contributed by atoms with Crippen molar-refractivity contribution in [2.24, 2.45) is 5.73 Å². The largest absolute Gasteiger partial charge is 0.452 e. The van der Waals surface area contributed by atoms with Crippen LogP contribution in [0.4, 0.5) is 10.5 Å². The molecule has 0 saturated heterocycles. The molecule has 0 aliphatic rings. The molecule has 24 heavy (non-hydrogen) atoms. The van der Waals surface area contributed by atoms with Crippen molar-refractivity contribution >= 4 is 34.4 Å². The van der Waals surface area contributed by atoms with Gasteiger partial charge in [0.15, 0.2) is 6.10 Å². The molecule has 0 bridgehead atoms. The zero-order chi connectivity index (χ0) is 17.5. The first kappa shape index (κ1) is 17.3. The van der Waals surface area contributed by atoms with Crippen molar-refractivity contribution in [2.45, 2.75) is 19.4 Å². The lowest BCUT2D eigenvalue weighted by Gasteiger charge is -2.14. The Morgan fingerprint density at radius 1 is 1.12 bits per heavy atom. The van der Waals surface area contributed by atoms with E-state index in [1.54, 1.807) is 6.07 Å². The van der Waals surface area contributed by atoms with Crippen LogP contribution in [0.15, 0.2) is 42.5 Å². The second kappa shape index (κ2) is 7.96. The molecule has 0 aliphatic carbocycles. The van der Waals surface area contributed by atoms with E-state index < -0.39 is 24.0 Å². The second-order valence-electron chi connectivity index (χ2n) is 5.22. The number of nitrogens with one attached hydrogen (secondary N) is 2. The first-order valence-corrected chi connectivity index (χ1v) is 7.48. The Bertz CT molecular complexity index is 760. The fraction of sp³-hybridized carbons (Fsp3) is 0.235. The Labute approximate surface area is 139 Å². The number of carbonyl (C=O) groups excluding carboxylic acids is 3. The maximum atomic E-state index is 12.1. The molecule has 0 fully saturated rings. The average Bonchev–Trinajstić information content (AvgIpc) is 2.54. The van der Waals surface area contributed by atoms with Gasteiger partial charge in [0.25, 0.3) is 5.91 Å². The lowest BCUT2D eigenvalue weighted by Crippen LogP contribution is -2.33. The third-order valence-corrected chi connectivity index (χ3v) is 3.32. The maximum Gasteiger partial charge on any atom is 0.312 e. The topological polar surface area (TPSA) is 111 Å². The number of hydrogen-bond donors (Lipinski definition) is 3. The molecule has 0 aromatic heterocycles. The molecular weight excluding hydrogens is 310 g/mol. The van der Waals surface area contributed by atoms with Crippen LogP contribution in [-0.2, 0) is 14.3 Å². The Hall–Kier alpha value is -3.09. The molecule has 0 saturated carbocycles. The van der Waals surface area contributed by atoms with Crippen molar-refractivity contribution in [2.75, 3.05) is 11.9 Å². The molecular formula is C17H19N3O4. The normalized spacial score (nSPS) is 11.5. The van der Waals surface area contributed by atoms with Crippen LogP contribution in [0.25, 0.3) is 10.8 Å². The quantitative estimate of drug-likeness (QED) is 0.701. The van der Waals surface area contributed by atoms with Gasteiger partial charge in [-0.15, -0.1) is 0 Å². The predicted octanol–water partition coefficient (Wildman–Crippen LogP) is 1.77. The molecule has 4 N–H and O–H groups in total. The van der Waals surface area contributed by atoms with Gasteiger partial charge in [0.05, 0.1) is 6.42 Å². The summed E-state index contributed by atoms with van der Waals surface area (Å²) in [5.74, 6) is -1.02. The molecule has 0 unspecified atom stereocenters. The highest BCUT2D eigenvalue weighted by molar-refractivity contribution is 5.97. The van der Waals surface area contributed by atoms with Crippen LogP contribution in [0, 0.1) is 0 Å². The fourth-order valence-corrected chi connectivity index (χ4v) is 2.11. The number of carbonyl (C=O) groups is 3. The molecule has 0 spiro atoms. The maximum absolute atomic E-state index is 12.1. The number of amides is 3. The third-order valence-electron chi connectivity index (χ3n) is 3.32. The van der Waals surface area contributed by atoms with Crippen LogP contribution < -0.4 is 16.4 Å². The average molecular weight is 329 g/mol. The molecule has 1 atom stereocenters. The molecule has 2 aromatic rings. The summed E-state index contributed by atoms with van der Waals surface area (Å²) in [5, 5.41) is 7.05. The fourth-order valence-electron chi connectivity index (χ4n) is 2.11. The molecule has 7 nitrogen and oxygen atoms in total. The lowest BCUT2D eigenvalue weighted by molar-refractivity contribution is -0.153. The van der Waals surface area contributed by atoms with E-state index in [4.69, 9.17) is 10.5 Å². The minimum atomic E-state index is -0.947. The van der Waals surface area contributed by atoms with Crippen molar-refractivity contribution in [1.29, 1.82) is 0 Å². The van der Waals surface area contributed by atoms with E-state index in [1.807, 2.05) is 36.4 Å². The highest BCUT2D eigenvalue weighted by Gasteiger charge is 2.17. The Morgan fingerprint density at radius 2 is 1.83 bits per heavy atom. The minimum Gasteiger partial charge on any atom is -0.452 e. The Kier molecular flexibility index (Phi) is 5.73. The van der Waals surface area contributed by atoms with E-state index in [9.17, 15) is 14.4 Å². The highest BCUT2D eigenvalue weighted by atomic mass is 16.5. The molecule has 3 amide bonds. The summed E-state index contributed by atoms with van der Waals surface area (Å²) in [7, 11) is 0. The molecule has 0 aliphatic heterocycles. The van der Waals surface area contributed by atoms with Gasteiger partial charge in [0.2, 0.25) is 0 Å². The van der Waals surface area contributed by atoms with Gasteiger partial charge in [-0.25, -0.2) is 4.79 Å². The van der Waals surface area contributed by atoms with E-state index in [2.05, 4.69) is 10.6 Å². The molecule has 0 radical (unpaired) electrons. The van der Waals surface area contributed by atoms with Gasteiger partial charge < -0.3 is 21.1 Å². The standard InChI is InChI=1S/C17H19N3O4/c1-11(24-15(21)8-9-19-17(18)23)16(22)20-14-7-6-12-4-2-3-5-13(12)10-14/h2-7,10-11H,8-9H2,1H3,(H,20,22)(H3,18,19,23)/t11-/m0/s1. The molecule has 126 valence electrons. The van der Waals surface area contributed by atoms with Crippen molar-refractivity contribution in [3.63, 3.8) is 0 Å². The number of ether oxygens (including phenoxy) is 1. The van der Waals surface area contributed by atoms with E-state index >= 15 is 0 Å². The van der Waals surface area contributed by atoms with Crippen molar-refractivity contribution in [3.05, 3.63) is 42.5 Å². The summed E-state index contributed by atoms with van der Waals surface area (Å²) >= 11 is 0. The number of benzene rings is 2. The SMILES string of the molecule is C[C@H](OC(=O)CCNC(N)=O)C(=O)Nc1ccc2ccccc2c1. The summed E-state index contributed by atoms with van der Waals surface area (Å²) in [6.07, 6.45) is -1.01. The molecule has 2 rings (SSSR count). The summed E-state index contributed by atoms with van der Waals surface area (Å²) < 4.78 is 5.01. The summed E-state index contributed by atoms with van der Waals surface area (Å²) in [5.41, 5.74) is 5.51. The number of primary amides is 1. The van der Waals surface area contributed by atoms with E-state index in [0.29, 0.717) is 5.69 Å². The molecule has 2 aromatic carbocycles. The summed E-state index contributed by atoms with van der Waals surface area (Å²) in [6, 6.07) is 12.6. The van der Waals surface area contributed by atoms with Crippen molar-refractivity contribution < 1.29 is 19.1 Å². The van der Waals surface area contributed by atoms with Crippen LogP contribution in [-0.4, -0.2) is 30.6 Å². The van der Waals surface area contributed by atoms with Crippen LogP contribution >= 0.6 is 0 Å². The van der Waals surface area contributed by atoms with Gasteiger partial charge in [-0.2, -0.15) is 0 Å². The van der Waals surface area contributed by atoms with Gasteiger partial charge in [-0.05, 0) is 29.8 Å². The number of urea groups is 1. The highest BCUT2D eigenvalue weighted by Crippen LogP contribution is 2.19. The number of nitrogens with two attached hydrogens (primary N) is 1. The first-order chi connectivity index (χ1) is 11.5. The summed E-state index contributed by atoms with van der Waals surface area (Å²) in [4.78, 5) is 34.2. The van der Waals surface area contributed by atoms with Crippen LogP contribution in [0.2, 0.25) is 0 Å². The van der Waals surface area contributed by atoms with Crippen LogP contribution in [0.3, 0.4) is 0 Å². The second-order valence-corrected chi connectivity index (χ2v) is 5.22. The lowest BCUT2D eigenvalue weighted by atomic mass is 10.1. The number of rotatable bonds is 6. The zero-order valence-corrected chi connectivity index (χ0v) is 13.2. The molecule has 0 heterocycles. The smallest absolute Gasteiger partial charge is 0.312 e. The van der Waals surface area contributed by atoms with Crippen LogP contribution in [0.1, 0.15) is 13.3 Å².